The van der Waals surface area contributed by atoms with Crippen molar-refractivity contribution in [2.45, 2.75) is 0 Å². The molecule has 0 fully saturated rings. The summed E-state index contributed by atoms with van der Waals surface area (Å²) in [7, 11) is 6.55. The summed E-state index contributed by atoms with van der Waals surface area (Å²) in [6.07, 6.45) is 1.64. The van der Waals surface area contributed by atoms with Crippen LogP contribution in [0.1, 0.15) is 5.56 Å². The van der Waals surface area contributed by atoms with Crippen molar-refractivity contribution in [2.24, 2.45) is 4.99 Å². The molecule has 2 rings (SSSR count). The van der Waals surface area contributed by atoms with Crippen LogP contribution in [0, 0.1) is 5.82 Å². The molecule has 25 heavy (non-hydrogen) atoms. The summed E-state index contributed by atoms with van der Waals surface area (Å²) >= 11 is 0. The molecule has 7 heteroatoms. The zero-order chi connectivity index (χ0) is 18.2. The lowest BCUT2D eigenvalue weighted by molar-refractivity contribution is 0.0499. The van der Waals surface area contributed by atoms with E-state index < -0.39 is 0 Å². The number of hydrogen-bond acceptors (Lipinski definition) is 5. The first-order valence-electron chi connectivity index (χ1n) is 7.49. The fourth-order valence-corrected chi connectivity index (χ4v) is 3.51. The highest BCUT2D eigenvalue weighted by atomic mass is 31.1. The van der Waals surface area contributed by atoms with Gasteiger partial charge in [-0.3, -0.25) is 4.99 Å². The summed E-state index contributed by atoms with van der Waals surface area (Å²) in [4.78, 5) is 4.00. The number of aliphatic imine (C=N–C) groups is 1. The average Bonchev–Trinajstić information content (AvgIpc) is 2.62. The van der Waals surface area contributed by atoms with E-state index in [1.165, 1.54) is 12.1 Å². The molecule has 134 valence electrons. The van der Waals surface area contributed by atoms with Crippen molar-refractivity contribution < 1.29 is 23.3 Å². The molecule has 1 atom stereocenters. The van der Waals surface area contributed by atoms with E-state index in [9.17, 15) is 4.39 Å². The van der Waals surface area contributed by atoms with Crippen molar-refractivity contribution in [3.63, 3.8) is 0 Å². The van der Waals surface area contributed by atoms with E-state index in [2.05, 4.69) is 4.99 Å². The van der Waals surface area contributed by atoms with Gasteiger partial charge in [0.15, 0.2) is 18.3 Å². The molecule has 0 aliphatic rings. The summed E-state index contributed by atoms with van der Waals surface area (Å²) in [5.74, 6) is 1.47. The van der Waals surface area contributed by atoms with Gasteiger partial charge in [0.1, 0.15) is 11.6 Å². The first-order chi connectivity index (χ1) is 12.1. The van der Waals surface area contributed by atoms with Gasteiger partial charge in [-0.2, -0.15) is 0 Å². The molecule has 0 heterocycles. The molecular formula is C18H21FNO4P. The number of benzene rings is 2. The van der Waals surface area contributed by atoms with Crippen molar-refractivity contribution in [1.82, 2.24) is 0 Å². The number of hydrogen-bond donors (Lipinski definition) is 0. The highest BCUT2D eigenvalue weighted by Gasteiger charge is 2.16. The highest BCUT2D eigenvalue weighted by molar-refractivity contribution is 7.56. The van der Waals surface area contributed by atoms with Gasteiger partial charge in [0.2, 0.25) is 0 Å². The SMILES string of the molecule is C/N=C/c1cc(F)ccc1Pc1cc(OC)cc(OC)c1OCOC. The highest BCUT2D eigenvalue weighted by Crippen LogP contribution is 2.34. The molecule has 0 saturated carbocycles. The van der Waals surface area contributed by atoms with Crippen molar-refractivity contribution in [3.8, 4) is 17.2 Å². The van der Waals surface area contributed by atoms with Crippen LogP contribution in [0.25, 0.3) is 0 Å². The molecule has 0 amide bonds. The Morgan fingerprint density at radius 2 is 1.88 bits per heavy atom. The molecule has 1 unspecified atom stereocenters. The zero-order valence-electron chi connectivity index (χ0n) is 14.6. The zero-order valence-corrected chi connectivity index (χ0v) is 15.6. The Labute approximate surface area is 148 Å². The van der Waals surface area contributed by atoms with Gasteiger partial charge in [0.05, 0.1) is 14.2 Å². The Balaban J connectivity index is 2.50. The molecule has 5 nitrogen and oxygen atoms in total. The van der Waals surface area contributed by atoms with Gasteiger partial charge in [-0.05, 0) is 23.5 Å². The maximum atomic E-state index is 13.6. The van der Waals surface area contributed by atoms with Crippen LogP contribution in [-0.2, 0) is 4.74 Å². The van der Waals surface area contributed by atoms with E-state index in [1.54, 1.807) is 46.7 Å². The van der Waals surface area contributed by atoms with Gasteiger partial charge < -0.3 is 18.9 Å². The predicted octanol–water partition coefficient (Wildman–Crippen LogP) is 2.50. The van der Waals surface area contributed by atoms with Crippen molar-refractivity contribution in [1.29, 1.82) is 0 Å². The fraction of sp³-hybridized carbons (Fsp3) is 0.278. The molecule has 0 saturated heterocycles. The molecule has 0 aliphatic heterocycles. The third kappa shape index (κ3) is 4.91. The largest absolute Gasteiger partial charge is 0.497 e. The summed E-state index contributed by atoms with van der Waals surface area (Å²) in [5, 5.41) is 1.80. The molecule has 0 N–H and O–H groups in total. The summed E-state index contributed by atoms with van der Waals surface area (Å²) in [6.45, 7) is 0.0901. The summed E-state index contributed by atoms with van der Waals surface area (Å²) in [5.41, 5.74) is 0.723. The Kier molecular flexibility index (Phi) is 7.16. The molecule has 0 bridgehead atoms. The second-order valence-electron chi connectivity index (χ2n) is 5.00. The number of ether oxygens (including phenoxy) is 4. The van der Waals surface area contributed by atoms with Gasteiger partial charge in [-0.1, -0.05) is 14.6 Å². The molecule has 0 aliphatic carbocycles. The van der Waals surface area contributed by atoms with E-state index >= 15 is 0 Å². The maximum absolute atomic E-state index is 13.6. The molecular weight excluding hydrogens is 344 g/mol. The quantitative estimate of drug-likeness (QED) is 0.410. The third-order valence-electron chi connectivity index (χ3n) is 3.36. The van der Waals surface area contributed by atoms with Crippen LogP contribution < -0.4 is 24.8 Å². The first kappa shape index (κ1) is 19.2. The van der Waals surface area contributed by atoms with Gasteiger partial charge in [0, 0.05) is 37.3 Å². The van der Waals surface area contributed by atoms with E-state index in [4.69, 9.17) is 18.9 Å². The van der Waals surface area contributed by atoms with Crippen LogP contribution in [0.2, 0.25) is 0 Å². The van der Waals surface area contributed by atoms with Crippen LogP contribution >= 0.6 is 8.58 Å². The van der Waals surface area contributed by atoms with E-state index in [0.29, 0.717) is 17.2 Å². The Morgan fingerprint density at radius 3 is 2.52 bits per heavy atom. The minimum Gasteiger partial charge on any atom is -0.497 e. The minimum atomic E-state index is -0.303. The Bertz CT molecular complexity index is 752. The van der Waals surface area contributed by atoms with Gasteiger partial charge in [0.25, 0.3) is 0 Å². The summed E-state index contributed by atoms with van der Waals surface area (Å²) < 4.78 is 35.0. The molecule has 0 radical (unpaired) electrons. The van der Waals surface area contributed by atoms with Crippen molar-refractivity contribution >= 4 is 25.4 Å². The lowest BCUT2D eigenvalue weighted by Gasteiger charge is -2.17. The van der Waals surface area contributed by atoms with Crippen molar-refractivity contribution in [2.75, 3.05) is 35.2 Å². The first-order valence-corrected chi connectivity index (χ1v) is 8.49. The van der Waals surface area contributed by atoms with Gasteiger partial charge >= 0.3 is 0 Å². The topological polar surface area (TPSA) is 49.3 Å². The van der Waals surface area contributed by atoms with Crippen LogP contribution in [0.15, 0.2) is 35.3 Å². The van der Waals surface area contributed by atoms with Crippen LogP contribution in [0.3, 0.4) is 0 Å². The van der Waals surface area contributed by atoms with Crippen molar-refractivity contribution in [3.05, 3.63) is 41.7 Å². The lowest BCUT2D eigenvalue weighted by atomic mass is 10.2. The Hall–Kier alpha value is -2.17. The molecule has 0 aromatic heterocycles. The molecule has 2 aromatic carbocycles. The number of nitrogens with zero attached hydrogens (tertiary/aromatic N) is 1. The lowest BCUT2D eigenvalue weighted by Crippen LogP contribution is -2.14. The standard InChI is InChI=1S/C18H21FNO4P/c1-20-10-12-7-13(19)5-6-16(12)25-17-9-14(22-3)8-15(23-4)18(17)24-11-21-2/h5-10,25H,11H2,1-4H3/b20-10+. The molecule has 2 aromatic rings. The van der Waals surface area contributed by atoms with Crippen LogP contribution in [0.5, 0.6) is 17.2 Å². The van der Waals surface area contributed by atoms with Gasteiger partial charge in [-0.15, -0.1) is 0 Å². The fourth-order valence-electron chi connectivity index (χ4n) is 2.24. The maximum Gasteiger partial charge on any atom is 0.188 e. The second kappa shape index (κ2) is 9.35. The van der Waals surface area contributed by atoms with E-state index in [1.807, 2.05) is 6.07 Å². The molecule has 0 spiro atoms. The Morgan fingerprint density at radius 1 is 1.08 bits per heavy atom. The smallest absolute Gasteiger partial charge is 0.188 e. The van der Waals surface area contributed by atoms with Crippen LogP contribution in [-0.4, -0.2) is 41.4 Å². The van der Waals surface area contributed by atoms with Crippen LogP contribution in [0.4, 0.5) is 4.39 Å². The van der Waals surface area contributed by atoms with E-state index in [-0.39, 0.29) is 21.2 Å². The number of methoxy groups -OCH3 is 3. The van der Waals surface area contributed by atoms with Gasteiger partial charge in [-0.25, -0.2) is 4.39 Å². The summed E-state index contributed by atoms with van der Waals surface area (Å²) in [6, 6.07) is 8.27. The number of rotatable bonds is 8. The second-order valence-corrected chi connectivity index (χ2v) is 6.33. The normalized spacial score (nSPS) is 11.4. The third-order valence-corrected chi connectivity index (χ3v) is 4.72. The predicted molar refractivity (Wildman–Crippen MR) is 99.6 cm³/mol. The minimum absolute atomic E-state index is 0.0901. The van der Waals surface area contributed by atoms with E-state index in [0.717, 1.165) is 16.2 Å². The number of halogens is 1. The average molecular weight is 365 g/mol. The monoisotopic (exact) mass is 365 g/mol.